The van der Waals surface area contributed by atoms with Crippen LogP contribution in [0.1, 0.15) is 16.9 Å². The topological polar surface area (TPSA) is 53.4 Å². The van der Waals surface area contributed by atoms with E-state index < -0.39 is 0 Å². The normalized spacial score (nSPS) is 19.7. The number of carbonyl (C=O) groups excluding carboxylic acids is 1. The second-order valence-electron chi connectivity index (χ2n) is 4.05. The minimum Gasteiger partial charge on any atom is -0.396 e. The third kappa shape index (κ3) is 2.70. The second-order valence-corrected chi connectivity index (χ2v) is 4.85. The summed E-state index contributed by atoms with van der Waals surface area (Å²) < 4.78 is 0. The molecule has 1 aliphatic heterocycles. The smallest absolute Gasteiger partial charge is 0.274 e. The SMILES string of the molecule is O=C(c1nc(Cl)ccc1Cl)N1CC[C@H](CO)C1. The molecule has 92 valence electrons. The number of pyridine rings is 1. The van der Waals surface area contributed by atoms with Crippen molar-refractivity contribution in [3.05, 3.63) is 28.0 Å². The lowest BCUT2D eigenvalue weighted by molar-refractivity contribution is 0.0776. The van der Waals surface area contributed by atoms with Gasteiger partial charge in [0.05, 0.1) is 5.02 Å². The van der Waals surface area contributed by atoms with Gasteiger partial charge in [0.25, 0.3) is 5.91 Å². The van der Waals surface area contributed by atoms with Crippen molar-refractivity contribution >= 4 is 29.1 Å². The van der Waals surface area contributed by atoms with Crippen LogP contribution in [0.5, 0.6) is 0 Å². The zero-order valence-electron chi connectivity index (χ0n) is 9.07. The summed E-state index contributed by atoms with van der Waals surface area (Å²) in [5.41, 5.74) is 0.178. The van der Waals surface area contributed by atoms with E-state index in [0.717, 1.165) is 6.42 Å². The fourth-order valence-electron chi connectivity index (χ4n) is 1.88. The quantitative estimate of drug-likeness (QED) is 0.838. The summed E-state index contributed by atoms with van der Waals surface area (Å²) in [6.45, 7) is 1.26. The maximum absolute atomic E-state index is 12.1. The number of hydrogen-bond donors (Lipinski definition) is 1. The van der Waals surface area contributed by atoms with Crippen LogP contribution in [0.15, 0.2) is 12.1 Å². The predicted molar refractivity (Wildman–Crippen MR) is 65.4 cm³/mol. The van der Waals surface area contributed by atoms with Crippen LogP contribution in [0.25, 0.3) is 0 Å². The molecule has 0 radical (unpaired) electrons. The molecular weight excluding hydrogens is 263 g/mol. The summed E-state index contributed by atoms with van der Waals surface area (Å²) in [7, 11) is 0. The average Bonchev–Trinajstić information content (AvgIpc) is 2.80. The number of carbonyl (C=O) groups is 1. The second kappa shape index (κ2) is 5.21. The first-order chi connectivity index (χ1) is 8.11. The first-order valence-corrected chi connectivity index (χ1v) is 6.09. The minimum atomic E-state index is -0.228. The van der Waals surface area contributed by atoms with Crippen molar-refractivity contribution in [3.8, 4) is 0 Å². The molecule has 1 atom stereocenters. The number of aliphatic hydroxyl groups excluding tert-OH is 1. The first-order valence-electron chi connectivity index (χ1n) is 5.34. The molecular formula is C11H12Cl2N2O2. The Morgan fingerprint density at radius 1 is 1.53 bits per heavy atom. The van der Waals surface area contributed by atoms with Gasteiger partial charge in [-0.1, -0.05) is 23.2 Å². The van der Waals surface area contributed by atoms with E-state index >= 15 is 0 Å². The highest BCUT2D eigenvalue weighted by atomic mass is 35.5. The van der Waals surface area contributed by atoms with Gasteiger partial charge in [0.2, 0.25) is 0 Å². The fraction of sp³-hybridized carbons (Fsp3) is 0.455. The molecule has 1 amide bonds. The third-order valence-electron chi connectivity index (χ3n) is 2.85. The number of rotatable bonds is 2. The van der Waals surface area contributed by atoms with E-state index in [1.165, 1.54) is 0 Å². The molecule has 2 rings (SSSR count). The number of aliphatic hydroxyl groups is 1. The van der Waals surface area contributed by atoms with E-state index in [1.54, 1.807) is 17.0 Å². The lowest BCUT2D eigenvalue weighted by Crippen LogP contribution is -2.30. The molecule has 0 aromatic carbocycles. The molecule has 0 unspecified atom stereocenters. The zero-order chi connectivity index (χ0) is 12.4. The van der Waals surface area contributed by atoms with Gasteiger partial charge < -0.3 is 10.0 Å². The third-order valence-corrected chi connectivity index (χ3v) is 3.36. The van der Waals surface area contributed by atoms with Crippen molar-refractivity contribution < 1.29 is 9.90 Å². The van der Waals surface area contributed by atoms with Crippen molar-refractivity contribution in [3.63, 3.8) is 0 Å². The highest BCUT2D eigenvalue weighted by molar-refractivity contribution is 6.34. The summed E-state index contributed by atoms with van der Waals surface area (Å²) >= 11 is 11.7. The van der Waals surface area contributed by atoms with Crippen LogP contribution in [-0.2, 0) is 0 Å². The van der Waals surface area contributed by atoms with Crippen LogP contribution in [0.3, 0.4) is 0 Å². The molecule has 1 aromatic heterocycles. The van der Waals surface area contributed by atoms with Gasteiger partial charge in [0, 0.05) is 25.6 Å². The summed E-state index contributed by atoms with van der Waals surface area (Å²) in [5, 5.41) is 9.58. The average molecular weight is 275 g/mol. The summed E-state index contributed by atoms with van der Waals surface area (Å²) in [4.78, 5) is 17.7. The molecule has 2 heterocycles. The van der Waals surface area contributed by atoms with Crippen molar-refractivity contribution in [2.24, 2.45) is 5.92 Å². The lowest BCUT2D eigenvalue weighted by atomic mass is 10.1. The number of halogens is 2. The molecule has 1 aromatic rings. The van der Waals surface area contributed by atoms with E-state index in [1.807, 2.05) is 0 Å². The Morgan fingerprint density at radius 2 is 2.29 bits per heavy atom. The van der Waals surface area contributed by atoms with Gasteiger partial charge in [0.15, 0.2) is 0 Å². The highest BCUT2D eigenvalue weighted by Crippen LogP contribution is 2.22. The van der Waals surface area contributed by atoms with Gasteiger partial charge in [-0.15, -0.1) is 0 Å². The molecule has 4 nitrogen and oxygen atoms in total. The molecule has 1 N–H and O–H groups in total. The molecule has 0 aliphatic carbocycles. The van der Waals surface area contributed by atoms with Crippen molar-refractivity contribution in [1.82, 2.24) is 9.88 Å². The number of likely N-dealkylation sites (tertiary alicyclic amines) is 1. The number of aromatic nitrogens is 1. The van der Waals surface area contributed by atoms with Crippen molar-refractivity contribution in [2.75, 3.05) is 19.7 Å². The van der Waals surface area contributed by atoms with E-state index in [0.29, 0.717) is 18.1 Å². The Morgan fingerprint density at radius 3 is 2.94 bits per heavy atom. The highest BCUT2D eigenvalue weighted by Gasteiger charge is 2.28. The van der Waals surface area contributed by atoms with Crippen LogP contribution in [0.2, 0.25) is 10.2 Å². The Bertz CT molecular complexity index is 439. The zero-order valence-corrected chi connectivity index (χ0v) is 10.6. The van der Waals surface area contributed by atoms with Gasteiger partial charge in [-0.05, 0) is 18.6 Å². The molecule has 6 heteroatoms. The standard InChI is InChI=1S/C11H12Cl2N2O2/c12-8-1-2-9(13)14-10(8)11(17)15-4-3-7(5-15)6-16/h1-2,7,16H,3-6H2/t7-/m0/s1. The number of amides is 1. The molecule has 0 spiro atoms. The van der Waals surface area contributed by atoms with Crippen LogP contribution in [0.4, 0.5) is 0 Å². The van der Waals surface area contributed by atoms with Gasteiger partial charge in [-0.3, -0.25) is 4.79 Å². The van der Waals surface area contributed by atoms with Crippen LogP contribution < -0.4 is 0 Å². The van der Waals surface area contributed by atoms with E-state index in [9.17, 15) is 4.79 Å². The van der Waals surface area contributed by atoms with Gasteiger partial charge in [-0.2, -0.15) is 0 Å². The Hall–Kier alpha value is -0.840. The van der Waals surface area contributed by atoms with Gasteiger partial charge in [-0.25, -0.2) is 4.98 Å². The van der Waals surface area contributed by atoms with Crippen LogP contribution >= 0.6 is 23.2 Å². The van der Waals surface area contributed by atoms with Crippen LogP contribution in [-0.4, -0.2) is 40.6 Å². The van der Waals surface area contributed by atoms with E-state index in [2.05, 4.69) is 4.98 Å². The number of hydrogen-bond acceptors (Lipinski definition) is 3. The minimum absolute atomic E-state index is 0.0977. The monoisotopic (exact) mass is 274 g/mol. The summed E-state index contributed by atoms with van der Waals surface area (Å²) in [6, 6.07) is 3.10. The Kier molecular flexibility index (Phi) is 3.86. The van der Waals surface area contributed by atoms with Crippen molar-refractivity contribution in [1.29, 1.82) is 0 Å². The maximum atomic E-state index is 12.1. The molecule has 1 saturated heterocycles. The largest absolute Gasteiger partial charge is 0.396 e. The van der Waals surface area contributed by atoms with Crippen LogP contribution in [0, 0.1) is 5.92 Å². The van der Waals surface area contributed by atoms with E-state index in [4.69, 9.17) is 28.3 Å². The Balaban J connectivity index is 2.17. The summed E-state index contributed by atoms with van der Waals surface area (Å²) in [6.07, 6.45) is 0.806. The first kappa shape index (κ1) is 12.6. The maximum Gasteiger partial charge on any atom is 0.274 e. The van der Waals surface area contributed by atoms with Crippen molar-refractivity contribution in [2.45, 2.75) is 6.42 Å². The lowest BCUT2D eigenvalue weighted by Gasteiger charge is -2.16. The predicted octanol–water partition coefficient (Wildman–Crippen LogP) is 1.84. The molecule has 0 saturated carbocycles. The van der Waals surface area contributed by atoms with Gasteiger partial charge in [0.1, 0.15) is 10.8 Å². The summed E-state index contributed by atoms with van der Waals surface area (Å²) in [5.74, 6) is -0.0784. The molecule has 17 heavy (non-hydrogen) atoms. The molecule has 0 bridgehead atoms. The number of nitrogens with zero attached hydrogens (tertiary/aromatic N) is 2. The molecule has 1 fully saturated rings. The van der Waals surface area contributed by atoms with Gasteiger partial charge >= 0.3 is 0 Å². The molecule has 1 aliphatic rings. The van der Waals surface area contributed by atoms with E-state index in [-0.39, 0.29) is 29.3 Å². The fourth-order valence-corrected chi connectivity index (χ4v) is 2.22. The Labute approximate surface area is 109 Å².